The molecule has 0 atom stereocenters. The van der Waals surface area contributed by atoms with Crippen LogP contribution in [-0.2, 0) is 13.7 Å². The second-order valence-corrected chi connectivity index (χ2v) is 3.61. The van der Waals surface area contributed by atoms with E-state index in [1.54, 1.807) is 23.9 Å². The topological polar surface area (TPSA) is 50.9 Å². The van der Waals surface area contributed by atoms with Crippen molar-refractivity contribution >= 4 is 11.6 Å². The van der Waals surface area contributed by atoms with Crippen LogP contribution in [0.2, 0.25) is 5.02 Å². The molecular formula is C10H10ClN3O. The molecule has 0 saturated heterocycles. The third-order valence-corrected chi connectivity index (χ3v) is 2.46. The lowest BCUT2D eigenvalue weighted by atomic mass is 10.1. The minimum absolute atomic E-state index is 0.0819. The van der Waals surface area contributed by atoms with Crippen LogP contribution < -0.4 is 0 Å². The molecule has 78 valence electrons. The first-order valence-corrected chi connectivity index (χ1v) is 4.85. The number of nitrogens with zero attached hydrogens (tertiary/aromatic N) is 3. The standard InChI is InChI=1S/C10H10ClN3O/c1-14-9(6-15)10(12-13-14)7-2-4-8(11)5-3-7/h2-5,15H,6H2,1H3. The molecule has 1 N–H and O–H groups in total. The lowest BCUT2D eigenvalue weighted by molar-refractivity contribution is 0.271. The van der Waals surface area contributed by atoms with Gasteiger partial charge in [0.15, 0.2) is 0 Å². The van der Waals surface area contributed by atoms with Crippen molar-refractivity contribution in [2.45, 2.75) is 6.61 Å². The van der Waals surface area contributed by atoms with Gasteiger partial charge in [0.05, 0.1) is 12.3 Å². The summed E-state index contributed by atoms with van der Waals surface area (Å²) < 4.78 is 1.56. The largest absolute Gasteiger partial charge is 0.390 e. The zero-order chi connectivity index (χ0) is 10.8. The van der Waals surface area contributed by atoms with E-state index in [4.69, 9.17) is 11.6 Å². The Morgan fingerprint density at radius 2 is 2.00 bits per heavy atom. The summed E-state index contributed by atoms with van der Waals surface area (Å²) in [4.78, 5) is 0. The van der Waals surface area contributed by atoms with Gasteiger partial charge in [-0.3, -0.25) is 0 Å². The first-order chi connectivity index (χ1) is 7.22. The highest BCUT2D eigenvalue weighted by Gasteiger charge is 2.11. The van der Waals surface area contributed by atoms with Crippen LogP contribution >= 0.6 is 11.6 Å². The Hall–Kier alpha value is -1.39. The van der Waals surface area contributed by atoms with Gasteiger partial charge in [0.25, 0.3) is 0 Å². The predicted octanol–water partition coefficient (Wildman–Crippen LogP) is 1.63. The van der Waals surface area contributed by atoms with Crippen LogP contribution in [0, 0.1) is 0 Å². The minimum Gasteiger partial charge on any atom is -0.390 e. The fourth-order valence-electron chi connectivity index (χ4n) is 1.39. The second kappa shape index (κ2) is 4.00. The van der Waals surface area contributed by atoms with E-state index in [9.17, 15) is 5.11 Å². The van der Waals surface area contributed by atoms with Crippen molar-refractivity contribution in [3.63, 3.8) is 0 Å². The Bertz CT molecular complexity index is 464. The molecule has 1 aromatic carbocycles. The maximum Gasteiger partial charge on any atom is 0.118 e. The number of hydrogen-bond acceptors (Lipinski definition) is 3. The first-order valence-electron chi connectivity index (χ1n) is 4.47. The molecule has 0 spiro atoms. The Balaban J connectivity index is 2.49. The number of aryl methyl sites for hydroxylation is 1. The summed E-state index contributed by atoms with van der Waals surface area (Å²) in [5.41, 5.74) is 2.28. The number of rotatable bonds is 2. The number of hydrogen-bond donors (Lipinski definition) is 1. The van der Waals surface area contributed by atoms with Crippen molar-refractivity contribution in [3.05, 3.63) is 35.0 Å². The molecule has 15 heavy (non-hydrogen) atoms. The SMILES string of the molecule is Cn1nnc(-c2ccc(Cl)cc2)c1CO. The zero-order valence-electron chi connectivity index (χ0n) is 8.18. The average Bonchev–Trinajstić information content (AvgIpc) is 2.61. The molecule has 0 fully saturated rings. The van der Waals surface area contributed by atoms with Crippen LogP contribution in [0.5, 0.6) is 0 Å². The van der Waals surface area contributed by atoms with Crippen molar-refractivity contribution in [1.82, 2.24) is 15.0 Å². The van der Waals surface area contributed by atoms with Crippen molar-refractivity contribution in [3.8, 4) is 11.3 Å². The van der Waals surface area contributed by atoms with Gasteiger partial charge in [-0.25, -0.2) is 4.68 Å². The first kappa shape index (κ1) is 10.1. The van der Waals surface area contributed by atoms with E-state index in [0.717, 1.165) is 5.56 Å². The van der Waals surface area contributed by atoms with Crippen molar-refractivity contribution in [1.29, 1.82) is 0 Å². The highest BCUT2D eigenvalue weighted by atomic mass is 35.5. The molecule has 5 heteroatoms. The van der Waals surface area contributed by atoms with E-state index in [1.807, 2.05) is 12.1 Å². The van der Waals surface area contributed by atoms with Gasteiger partial charge in [-0.2, -0.15) is 0 Å². The summed E-state index contributed by atoms with van der Waals surface area (Å²) in [6.45, 7) is -0.0819. The van der Waals surface area contributed by atoms with E-state index in [0.29, 0.717) is 16.4 Å². The van der Waals surface area contributed by atoms with E-state index < -0.39 is 0 Å². The molecule has 0 aliphatic rings. The normalized spacial score (nSPS) is 10.6. The highest BCUT2D eigenvalue weighted by Crippen LogP contribution is 2.22. The van der Waals surface area contributed by atoms with Crippen LogP contribution in [0.15, 0.2) is 24.3 Å². The van der Waals surface area contributed by atoms with Gasteiger partial charge in [0.2, 0.25) is 0 Å². The van der Waals surface area contributed by atoms with Gasteiger partial charge in [0, 0.05) is 17.6 Å². The summed E-state index contributed by atoms with van der Waals surface area (Å²) in [6, 6.07) is 7.27. The lowest BCUT2D eigenvalue weighted by Crippen LogP contribution is -1.98. The van der Waals surface area contributed by atoms with Gasteiger partial charge in [0.1, 0.15) is 5.69 Å². The van der Waals surface area contributed by atoms with Gasteiger partial charge >= 0.3 is 0 Å². The summed E-state index contributed by atoms with van der Waals surface area (Å²) in [5.74, 6) is 0. The molecule has 0 aliphatic carbocycles. The van der Waals surface area contributed by atoms with Gasteiger partial charge in [-0.1, -0.05) is 28.9 Å². The molecule has 1 aromatic heterocycles. The Morgan fingerprint density at radius 3 is 2.60 bits per heavy atom. The fourth-order valence-corrected chi connectivity index (χ4v) is 1.51. The molecule has 2 rings (SSSR count). The fraction of sp³-hybridized carbons (Fsp3) is 0.200. The van der Waals surface area contributed by atoms with Crippen LogP contribution in [0.3, 0.4) is 0 Å². The molecule has 0 saturated carbocycles. The number of benzene rings is 1. The predicted molar refractivity (Wildman–Crippen MR) is 57.4 cm³/mol. The van der Waals surface area contributed by atoms with E-state index in [1.165, 1.54) is 0 Å². The summed E-state index contributed by atoms with van der Waals surface area (Å²) >= 11 is 5.79. The molecule has 0 aliphatic heterocycles. The Labute approximate surface area is 92.1 Å². The Kier molecular flexibility index (Phi) is 2.70. The number of aromatic nitrogens is 3. The molecule has 0 amide bonds. The summed E-state index contributed by atoms with van der Waals surface area (Å²) in [5, 5.41) is 17.7. The van der Waals surface area contributed by atoms with Crippen molar-refractivity contribution in [2.24, 2.45) is 7.05 Å². The highest BCUT2D eigenvalue weighted by molar-refractivity contribution is 6.30. The van der Waals surface area contributed by atoms with Crippen LogP contribution in [0.25, 0.3) is 11.3 Å². The van der Waals surface area contributed by atoms with Gasteiger partial charge < -0.3 is 5.11 Å². The molecule has 0 radical (unpaired) electrons. The van der Waals surface area contributed by atoms with E-state index >= 15 is 0 Å². The Morgan fingerprint density at radius 1 is 1.33 bits per heavy atom. The minimum atomic E-state index is -0.0819. The molecule has 1 heterocycles. The van der Waals surface area contributed by atoms with Gasteiger partial charge in [-0.15, -0.1) is 5.10 Å². The summed E-state index contributed by atoms with van der Waals surface area (Å²) in [6.07, 6.45) is 0. The maximum atomic E-state index is 9.18. The second-order valence-electron chi connectivity index (χ2n) is 3.17. The van der Waals surface area contributed by atoms with E-state index in [-0.39, 0.29) is 6.61 Å². The molecule has 2 aromatic rings. The molecular weight excluding hydrogens is 214 g/mol. The monoisotopic (exact) mass is 223 g/mol. The molecule has 0 unspecified atom stereocenters. The molecule has 4 nitrogen and oxygen atoms in total. The third kappa shape index (κ3) is 1.86. The number of aliphatic hydroxyl groups is 1. The average molecular weight is 224 g/mol. The molecule has 0 bridgehead atoms. The summed E-state index contributed by atoms with van der Waals surface area (Å²) in [7, 11) is 1.75. The van der Waals surface area contributed by atoms with Crippen LogP contribution in [0.1, 0.15) is 5.69 Å². The van der Waals surface area contributed by atoms with E-state index in [2.05, 4.69) is 10.3 Å². The quantitative estimate of drug-likeness (QED) is 0.842. The number of halogens is 1. The third-order valence-electron chi connectivity index (χ3n) is 2.21. The van der Waals surface area contributed by atoms with Crippen molar-refractivity contribution < 1.29 is 5.11 Å². The van der Waals surface area contributed by atoms with Gasteiger partial charge in [-0.05, 0) is 12.1 Å². The van der Waals surface area contributed by atoms with Crippen LogP contribution in [0.4, 0.5) is 0 Å². The lowest BCUT2D eigenvalue weighted by Gasteiger charge is -2.00. The van der Waals surface area contributed by atoms with Crippen molar-refractivity contribution in [2.75, 3.05) is 0 Å². The van der Waals surface area contributed by atoms with Crippen LogP contribution in [-0.4, -0.2) is 20.1 Å². The smallest absolute Gasteiger partial charge is 0.118 e. The number of aliphatic hydroxyl groups excluding tert-OH is 1. The zero-order valence-corrected chi connectivity index (χ0v) is 8.94. The maximum absolute atomic E-state index is 9.18.